The third-order valence-electron chi connectivity index (χ3n) is 3.13. The lowest BCUT2D eigenvalue weighted by molar-refractivity contribution is -0.156. The number of carbonyl (C=O) groups excluding carboxylic acids is 1. The molecule has 1 unspecified atom stereocenters. The number of halogens is 1. The van der Waals surface area contributed by atoms with Crippen molar-refractivity contribution >= 4 is 24.0 Å². The Morgan fingerprint density at radius 1 is 1.50 bits per heavy atom. The fourth-order valence-electron chi connectivity index (χ4n) is 2.15. The van der Waals surface area contributed by atoms with E-state index in [-0.39, 0.29) is 6.42 Å². The zero-order valence-corrected chi connectivity index (χ0v) is 11.1. The van der Waals surface area contributed by atoms with Gasteiger partial charge in [-0.25, -0.2) is 4.79 Å². The first kappa shape index (κ1) is 14.5. The molecule has 0 bridgehead atoms. The molecule has 1 N–H and O–H groups in total. The van der Waals surface area contributed by atoms with Crippen molar-refractivity contribution in [3.8, 4) is 0 Å². The summed E-state index contributed by atoms with van der Waals surface area (Å²) in [4.78, 5) is 24.1. The van der Waals surface area contributed by atoms with Crippen molar-refractivity contribution in [3.05, 3.63) is 34.9 Å². The van der Waals surface area contributed by atoms with Crippen molar-refractivity contribution in [2.75, 3.05) is 6.54 Å². The van der Waals surface area contributed by atoms with Crippen LogP contribution in [0.4, 0.5) is 0 Å². The van der Waals surface area contributed by atoms with Gasteiger partial charge in [-0.3, -0.25) is 4.79 Å². The molecule has 4 nitrogen and oxygen atoms in total. The molecule has 0 aliphatic rings. The highest BCUT2D eigenvalue weighted by atomic mass is 35.5. The largest absolute Gasteiger partial charge is 0.479 e. The Kier molecular flexibility index (Phi) is 4.73. The van der Waals surface area contributed by atoms with Crippen molar-refractivity contribution in [1.82, 2.24) is 4.90 Å². The highest BCUT2D eigenvalue weighted by molar-refractivity contribution is 6.30. The van der Waals surface area contributed by atoms with Crippen LogP contribution in [0.25, 0.3) is 0 Å². The van der Waals surface area contributed by atoms with E-state index < -0.39 is 11.5 Å². The van der Waals surface area contributed by atoms with Crippen LogP contribution >= 0.6 is 11.6 Å². The second-order valence-corrected chi connectivity index (χ2v) is 4.36. The Balaban J connectivity index is 3.45. The third kappa shape index (κ3) is 2.34. The van der Waals surface area contributed by atoms with Crippen LogP contribution in [0.3, 0.4) is 0 Å². The molecule has 1 aromatic carbocycles. The first-order valence-corrected chi connectivity index (χ1v) is 6.12. The maximum atomic E-state index is 11.7. The fourth-order valence-corrected chi connectivity index (χ4v) is 2.34. The predicted molar refractivity (Wildman–Crippen MR) is 69.5 cm³/mol. The molecule has 0 radical (unpaired) electrons. The molecule has 98 valence electrons. The molecule has 1 rings (SSSR count). The molecule has 0 spiro atoms. The van der Waals surface area contributed by atoms with Crippen LogP contribution in [0.2, 0.25) is 5.02 Å². The number of benzene rings is 1. The lowest BCUT2D eigenvalue weighted by Crippen LogP contribution is -2.51. The van der Waals surface area contributed by atoms with E-state index in [4.69, 9.17) is 11.6 Å². The summed E-state index contributed by atoms with van der Waals surface area (Å²) in [5.41, 5.74) is -0.847. The van der Waals surface area contributed by atoms with E-state index in [0.29, 0.717) is 23.5 Å². The van der Waals surface area contributed by atoms with Gasteiger partial charge in [0.15, 0.2) is 5.54 Å². The number of nitrogens with zero attached hydrogens (tertiary/aromatic N) is 1. The molecule has 0 aliphatic carbocycles. The summed E-state index contributed by atoms with van der Waals surface area (Å²) < 4.78 is 0. The van der Waals surface area contributed by atoms with Crippen molar-refractivity contribution in [3.63, 3.8) is 0 Å². The Bertz CT molecular complexity index is 450. The SMILES string of the molecule is CCN(C=O)C(CC)(C(=O)O)c1cccc(Cl)c1. The van der Waals surface area contributed by atoms with Gasteiger partial charge in [-0.05, 0) is 31.0 Å². The summed E-state index contributed by atoms with van der Waals surface area (Å²) in [5.74, 6) is -1.05. The summed E-state index contributed by atoms with van der Waals surface area (Å²) in [6, 6.07) is 6.62. The highest BCUT2D eigenvalue weighted by Gasteiger charge is 2.43. The maximum absolute atomic E-state index is 11.7. The summed E-state index contributed by atoms with van der Waals surface area (Å²) in [7, 11) is 0. The van der Waals surface area contributed by atoms with E-state index in [1.807, 2.05) is 0 Å². The number of rotatable bonds is 6. The van der Waals surface area contributed by atoms with Crippen LogP contribution < -0.4 is 0 Å². The van der Waals surface area contributed by atoms with E-state index in [2.05, 4.69) is 0 Å². The first-order chi connectivity index (χ1) is 8.52. The minimum absolute atomic E-state index is 0.273. The molecule has 1 aromatic rings. The molecule has 0 saturated carbocycles. The molecule has 1 atom stereocenters. The molecule has 0 aromatic heterocycles. The molecular formula is C13H16ClNO3. The van der Waals surface area contributed by atoms with Crippen molar-refractivity contribution in [1.29, 1.82) is 0 Å². The lowest BCUT2D eigenvalue weighted by Gasteiger charge is -2.37. The van der Waals surface area contributed by atoms with Gasteiger partial charge in [-0.1, -0.05) is 30.7 Å². The summed E-state index contributed by atoms with van der Waals surface area (Å²) >= 11 is 5.90. The van der Waals surface area contributed by atoms with Crippen LogP contribution in [0, 0.1) is 0 Å². The maximum Gasteiger partial charge on any atom is 0.334 e. The number of hydrogen-bond acceptors (Lipinski definition) is 2. The molecule has 0 saturated heterocycles. The number of carboxylic acids is 1. The minimum atomic E-state index is -1.36. The van der Waals surface area contributed by atoms with E-state index in [0.717, 1.165) is 0 Å². The number of carboxylic acid groups (broad SMARTS) is 1. The average molecular weight is 270 g/mol. The Morgan fingerprint density at radius 2 is 2.17 bits per heavy atom. The average Bonchev–Trinajstić information content (AvgIpc) is 2.35. The van der Waals surface area contributed by atoms with Gasteiger partial charge in [-0.15, -0.1) is 0 Å². The third-order valence-corrected chi connectivity index (χ3v) is 3.36. The van der Waals surface area contributed by atoms with Gasteiger partial charge in [0, 0.05) is 11.6 Å². The van der Waals surface area contributed by atoms with Crippen LogP contribution in [0.15, 0.2) is 24.3 Å². The van der Waals surface area contributed by atoms with E-state index in [9.17, 15) is 14.7 Å². The Morgan fingerprint density at radius 3 is 2.56 bits per heavy atom. The minimum Gasteiger partial charge on any atom is -0.479 e. The van der Waals surface area contributed by atoms with Crippen molar-refractivity contribution in [2.45, 2.75) is 25.8 Å². The quantitative estimate of drug-likeness (QED) is 0.808. The van der Waals surface area contributed by atoms with Crippen molar-refractivity contribution in [2.24, 2.45) is 0 Å². The number of carbonyl (C=O) groups is 2. The van der Waals surface area contributed by atoms with Crippen molar-refractivity contribution < 1.29 is 14.7 Å². The second kappa shape index (κ2) is 5.87. The Labute approximate surface area is 111 Å². The topological polar surface area (TPSA) is 57.6 Å². The number of hydrogen-bond donors (Lipinski definition) is 1. The summed E-state index contributed by atoms with van der Waals surface area (Å²) in [6.07, 6.45) is 0.841. The monoisotopic (exact) mass is 269 g/mol. The van der Waals surface area contributed by atoms with Gasteiger partial charge in [0.2, 0.25) is 6.41 Å². The molecule has 1 amide bonds. The first-order valence-electron chi connectivity index (χ1n) is 5.74. The highest BCUT2D eigenvalue weighted by Crippen LogP contribution is 2.33. The molecule has 18 heavy (non-hydrogen) atoms. The lowest BCUT2D eigenvalue weighted by atomic mass is 9.85. The second-order valence-electron chi connectivity index (χ2n) is 3.92. The van der Waals surface area contributed by atoms with Crippen LogP contribution in [-0.4, -0.2) is 28.9 Å². The zero-order valence-electron chi connectivity index (χ0n) is 10.4. The number of amides is 1. The van der Waals surface area contributed by atoms with Gasteiger partial charge in [-0.2, -0.15) is 0 Å². The van der Waals surface area contributed by atoms with Gasteiger partial charge in [0.1, 0.15) is 0 Å². The summed E-state index contributed by atoms with van der Waals surface area (Å²) in [6.45, 7) is 3.80. The molecular weight excluding hydrogens is 254 g/mol. The van der Waals surface area contributed by atoms with E-state index >= 15 is 0 Å². The predicted octanol–water partition coefficient (Wildman–Crippen LogP) is 2.51. The molecule has 0 aliphatic heterocycles. The zero-order chi connectivity index (χ0) is 13.8. The number of aliphatic carboxylic acids is 1. The standard InChI is InChI=1S/C13H16ClNO3/c1-3-13(12(17)18,15(4-2)9-16)10-6-5-7-11(14)8-10/h5-9H,3-4H2,1-2H3,(H,17,18). The van der Waals surface area contributed by atoms with Gasteiger partial charge in [0.25, 0.3) is 0 Å². The van der Waals surface area contributed by atoms with Gasteiger partial charge < -0.3 is 10.0 Å². The Hall–Kier alpha value is -1.55. The normalized spacial score (nSPS) is 13.7. The van der Waals surface area contributed by atoms with Gasteiger partial charge in [0.05, 0.1) is 0 Å². The van der Waals surface area contributed by atoms with E-state index in [1.165, 1.54) is 4.90 Å². The van der Waals surface area contributed by atoms with Crippen LogP contribution in [0.5, 0.6) is 0 Å². The fraction of sp³-hybridized carbons (Fsp3) is 0.385. The molecule has 0 fully saturated rings. The molecule has 5 heteroatoms. The van der Waals surface area contributed by atoms with Gasteiger partial charge >= 0.3 is 5.97 Å². The summed E-state index contributed by atoms with van der Waals surface area (Å²) in [5, 5.41) is 10.0. The smallest absolute Gasteiger partial charge is 0.334 e. The van der Waals surface area contributed by atoms with E-state index in [1.54, 1.807) is 38.1 Å². The van der Waals surface area contributed by atoms with Crippen LogP contribution in [-0.2, 0) is 15.1 Å². The molecule has 0 heterocycles. The number of likely N-dealkylation sites (N-methyl/N-ethyl adjacent to an activating group) is 1. The van der Waals surface area contributed by atoms with Crippen LogP contribution in [0.1, 0.15) is 25.8 Å².